The highest BCUT2D eigenvalue weighted by atomic mass is 16.3. The quantitative estimate of drug-likeness (QED) is 0.616. The van der Waals surface area contributed by atoms with Gasteiger partial charge in [0.2, 0.25) is 5.91 Å². The van der Waals surface area contributed by atoms with E-state index in [4.69, 9.17) is 5.11 Å². The molecule has 0 bridgehead atoms. The van der Waals surface area contributed by atoms with Crippen LogP contribution in [0.3, 0.4) is 0 Å². The van der Waals surface area contributed by atoms with E-state index in [1.165, 1.54) is 0 Å². The van der Waals surface area contributed by atoms with Crippen molar-refractivity contribution < 1.29 is 9.90 Å². The van der Waals surface area contributed by atoms with Gasteiger partial charge in [-0.1, -0.05) is 6.92 Å². The first-order valence-electron chi connectivity index (χ1n) is 4.10. The van der Waals surface area contributed by atoms with Crippen LogP contribution in [0.4, 0.5) is 0 Å². The first kappa shape index (κ1) is 8.53. The van der Waals surface area contributed by atoms with E-state index < -0.39 is 0 Å². The molecule has 0 aliphatic heterocycles. The number of aliphatic hydroxyl groups excluding tert-OH is 1. The van der Waals surface area contributed by atoms with Gasteiger partial charge in [-0.05, 0) is 12.8 Å². The molecule has 3 heteroatoms. The van der Waals surface area contributed by atoms with Crippen molar-refractivity contribution in [3.05, 3.63) is 0 Å². The van der Waals surface area contributed by atoms with Crippen LogP contribution in [0.15, 0.2) is 0 Å². The van der Waals surface area contributed by atoms with E-state index in [2.05, 4.69) is 5.32 Å². The fraction of sp³-hybridized carbons (Fsp3) is 0.875. The lowest BCUT2D eigenvalue weighted by atomic mass is 10.1. The average molecular weight is 157 g/mol. The van der Waals surface area contributed by atoms with Gasteiger partial charge in [0, 0.05) is 18.4 Å². The maximum Gasteiger partial charge on any atom is 0.219 e. The summed E-state index contributed by atoms with van der Waals surface area (Å²) >= 11 is 0. The Kier molecular flexibility index (Phi) is 2.49. The molecule has 1 saturated carbocycles. The summed E-state index contributed by atoms with van der Waals surface area (Å²) < 4.78 is 0. The second kappa shape index (κ2) is 3.22. The Labute approximate surface area is 66.8 Å². The molecule has 1 aliphatic rings. The van der Waals surface area contributed by atoms with Crippen molar-refractivity contribution in [3.63, 3.8) is 0 Å². The Morgan fingerprint density at radius 1 is 1.64 bits per heavy atom. The molecule has 0 saturated heterocycles. The van der Waals surface area contributed by atoms with Crippen LogP contribution in [-0.4, -0.2) is 24.2 Å². The fourth-order valence-corrected chi connectivity index (χ4v) is 0.979. The third kappa shape index (κ3) is 2.19. The molecule has 0 atom stereocenters. The third-order valence-corrected chi connectivity index (χ3v) is 2.27. The van der Waals surface area contributed by atoms with Gasteiger partial charge in [-0.15, -0.1) is 0 Å². The number of carbonyl (C=O) groups excluding carboxylic acids is 1. The lowest BCUT2D eigenvalue weighted by Gasteiger charge is -2.11. The summed E-state index contributed by atoms with van der Waals surface area (Å²) in [6.07, 6.45) is 2.63. The summed E-state index contributed by atoms with van der Waals surface area (Å²) in [5.74, 6) is 0.0738. The normalized spacial score (nSPS) is 19.5. The molecule has 0 spiro atoms. The molecular formula is C8H15NO2. The van der Waals surface area contributed by atoms with Crippen molar-refractivity contribution in [1.82, 2.24) is 5.32 Å². The second-order valence-corrected chi connectivity index (χ2v) is 3.29. The van der Waals surface area contributed by atoms with Crippen molar-refractivity contribution in [1.29, 1.82) is 0 Å². The molecule has 64 valence electrons. The molecule has 0 aromatic carbocycles. The highest BCUT2D eigenvalue weighted by Gasteiger charge is 2.41. The number of rotatable bonds is 4. The van der Waals surface area contributed by atoms with Gasteiger partial charge in [0.25, 0.3) is 0 Å². The van der Waals surface area contributed by atoms with Crippen LogP contribution in [0.25, 0.3) is 0 Å². The standard InChI is InChI=1S/C8H15NO2/c1-2-7(11)9-5-8(6-10)3-4-8/h10H,2-6H2,1H3,(H,9,11). The van der Waals surface area contributed by atoms with Gasteiger partial charge < -0.3 is 10.4 Å². The zero-order valence-corrected chi connectivity index (χ0v) is 6.89. The number of nitrogens with one attached hydrogen (secondary N) is 1. The van der Waals surface area contributed by atoms with E-state index >= 15 is 0 Å². The lowest BCUT2D eigenvalue weighted by molar-refractivity contribution is -0.121. The predicted molar refractivity (Wildman–Crippen MR) is 42.1 cm³/mol. The van der Waals surface area contributed by atoms with Gasteiger partial charge in [-0.3, -0.25) is 4.79 Å². The summed E-state index contributed by atoms with van der Waals surface area (Å²) in [5.41, 5.74) is 0.0465. The molecule has 11 heavy (non-hydrogen) atoms. The Morgan fingerprint density at radius 3 is 2.64 bits per heavy atom. The maximum absolute atomic E-state index is 10.8. The number of amides is 1. The molecule has 0 aromatic heterocycles. The molecule has 0 aromatic rings. The fourth-order valence-electron chi connectivity index (χ4n) is 0.979. The van der Waals surface area contributed by atoms with E-state index in [1.54, 1.807) is 0 Å². The van der Waals surface area contributed by atoms with Crippen molar-refractivity contribution in [2.24, 2.45) is 5.41 Å². The van der Waals surface area contributed by atoms with Crippen LogP contribution < -0.4 is 5.32 Å². The molecule has 3 nitrogen and oxygen atoms in total. The maximum atomic E-state index is 10.8. The average Bonchev–Trinajstić information content (AvgIpc) is 2.81. The van der Waals surface area contributed by atoms with Gasteiger partial charge in [-0.25, -0.2) is 0 Å². The molecule has 1 amide bonds. The number of hydrogen-bond acceptors (Lipinski definition) is 2. The molecule has 1 rings (SSSR count). The molecule has 1 fully saturated rings. The SMILES string of the molecule is CCC(=O)NCC1(CO)CC1. The van der Waals surface area contributed by atoms with Crippen LogP contribution in [0.5, 0.6) is 0 Å². The first-order valence-corrected chi connectivity index (χ1v) is 4.10. The van der Waals surface area contributed by atoms with Crippen molar-refractivity contribution in [2.75, 3.05) is 13.2 Å². The molecular weight excluding hydrogens is 142 g/mol. The Balaban J connectivity index is 2.16. The minimum Gasteiger partial charge on any atom is -0.396 e. The number of aliphatic hydroxyl groups is 1. The van der Waals surface area contributed by atoms with Gasteiger partial charge >= 0.3 is 0 Å². The molecule has 0 radical (unpaired) electrons. The van der Waals surface area contributed by atoms with E-state index in [0.29, 0.717) is 13.0 Å². The van der Waals surface area contributed by atoms with Crippen molar-refractivity contribution >= 4 is 5.91 Å². The number of carbonyl (C=O) groups is 1. The molecule has 1 aliphatic carbocycles. The van der Waals surface area contributed by atoms with E-state index in [0.717, 1.165) is 12.8 Å². The topological polar surface area (TPSA) is 49.3 Å². The summed E-state index contributed by atoms with van der Waals surface area (Å²) in [7, 11) is 0. The van der Waals surface area contributed by atoms with Crippen molar-refractivity contribution in [3.8, 4) is 0 Å². The third-order valence-electron chi connectivity index (χ3n) is 2.27. The summed E-state index contributed by atoms with van der Waals surface area (Å²) in [6.45, 7) is 2.68. The van der Waals surface area contributed by atoms with Crippen LogP contribution in [0.1, 0.15) is 26.2 Å². The zero-order valence-electron chi connectivity index (χ0n) is 6.89. The van der Waals surface area contributed by atoms with Crippen LogP contribution >= 0.6 is 0 Å². The van der Waals surface area contributed by atoms with Crippen LogP contribution in [0.2, 0.25) is 0 Å². The van der Waals surface area contributed by atoms with Gasteiger partial charge in [0.05, 0.1) is 6.61 Å². The first-order chi connectivity index (χ1) is 5.22. The summed E-state index contributed by atoms with van der Waals surface area (Å²) in [4.78, 5) is 10.8. The van der Waals surface area contributed by atoms with Gasteiger partial charge in [0.15, 0.2) is 0 Å². The number of hydrogen-bond donors (Lipinski definition) is 2. The largest absolute Gasteiger partial charge is 0.396 e. The van der Waals surface area contributed by atoms with Crippen molar-refractivity contribution in [2.45, 2.75) is 26.2 Å². The molecule has 0 unspecified atom stereocenters. The van der Waals surface area contributed by atoms with E-state index in [1.807, 2.05) is 6.92 Å². The second-order valence-electron chi connectivity index (χ2n) is 3.29. The predicted octanol–water partition coefficient (Wildman–Crippen LogP) is 0.285. The molecule has 2 N–H and O–H groups in total. The summed E-state index contributed by atoms with van der Waals surface area (Å²) in [5, 5.41) is 11.7. The van der Waals surface area contributed by atoms with Gasteiger partial charge in [0.1, 0.15) is 0 Å². The highest BCUT2D eigenvalue weighted by molar-refractivity contribution is 5.75. The Hall–Kier alpha value is -0.570. The minimum atomic E-state index is 0.0465. The van der Waals surface area contributed by atoms with E-state index in [-0.39, 0.29) is 17.9 Å². The van der Waals surface area contributed by atoms with Crippen LogP contribution in [-0.2, 0) is 4.79 Å². The summed E-state index contributed by atoms with van der Waals surface area (Å²) in [6, 6.07) is 0. The minimum absolute atomic E-state index is 0.0465. The Bertz CT molecular complexity index is 152. The van der Waals surface area contributed by atoms with Gasteiger partial charge in [-0.2, -0.15) is 0 Å². The molecule has 0 heterocycles. The lowest BCUT2D eigenvalue weighted by Crippen LogP contribution is -2.31. The van der Waals surface area contributed by atoms with E-state index in [9.17, 15) is 4.79 Å². The smallest absolute Gasteiger partial charge is 0.219 e. The zero-order chi connectivity index (χ0) is 8.32. The monoisotopic (exact) mass is 157 g/mol. The highest BCUT2D eigenvalue weighted by Crippen LogP contribution is 2.44. The van der Waals surface area contributed by atoms with Crippen LogP contribution in [0, 0.1) is 5.41 Å². The Morgan fingerprint density at radius 2 is 2.27 bits per heavy atom.